The SMILES string of the molecule is CC1(C)CCSCC1(O)C1=CCCO1. The van der Waals surface area contributed by atoms with Gasteiger partial charge in [-0.3, -0.25) is 0 Å². The van der Waals surface area contributed by atoms with E-state index >= 15 is 0 Å². The summed E-state index contributed by atoms with van der Waals surface area (Å²) in [7, 11) is 0. The molecule has 3 heteroatoms. The summed E-state index contributed by atoms with van der Waals surface area (Å²) >= 11 is 1.82. The Kier molecular flexibility index (Phi) is 2.56. The Bertz CT molecular complexity index is 260. The highest BCUT2D eigenvalue weighted by Gasteiger charge is 2.50. The molecule has 2 nitrogen and oxygen atoms in total. The lowest BCUT2D eigenvalue weighted by molar-refractivity contribution is -0.0573. The summed E-state index contributed by atoms with van der Waals surface area (Å²) in [5.74, 6) is 2.73. The van der Waals surface area contributed by atoms with Crippen LogP contribution in [0.3, 0.4) is 0 Å². The van der Waals surface area contributed by atoms with E-state index < -0.39 is 5.60 Å². The molecule has 0 aromatic heterocycles. The molecule has 0 bridgehead atoms. The first-order valence-electron chi connectivity index (χ1n) is 5.20. The van der Waals surface area contributed by atoms with Gasteiger partial charge in [-0.15, -0.1) is 0 Å². The molecule has 14 heavy (non-hydrogen) atoms. The van der Waals surface area contributed by atoms with Crippen LogP contribution < -0.4 is 0 Å². The first-order valence-corrected chi connectivity index (χ1v) is 6.35. The Morgan fingerprint density at radius 2 is 2.29 bits per heavy atom. The highest BCUT2D eigenvalue weighted by Crippen LogP contribution is 2.47. The van der Waals surface area contributed by atoms with Gasteiger partial charge in [0.1, 0.15) is 11.4 Å². The van der Waals surface area contributed by atoms with Crippen molar-refractivity contribution in [1.29, 1.82) is 0 Å². The molecule has 1 fully saturated rings. The third kappa shape index (κ3) is 1.47. The lowest BCUT2D eigenvalue weighted by atomic mass is 9.72. The topological polar surface area (TPSA) is 29.5 Å². The van der Waals surface area contributed by atoms with E-state index in [-0.39, 0.29) is 5.41 Å². The van der Waals surface area contributed by atoms with Crippen molar-refractivity contribution < 1.29 is 9.84 Å². The van der Waals surface area contributed by atoms with E-state index in [2.05, 4.69) is 13.8 Å². The van der Waals surface area contributed by atoms with Gasteiger partial charge in [0.2, 0.25) is 0 Å². The van der Waals surface area contributed by atoms with Crippen LogP contribution in [0.1, 0.15) is 26.7 Å². The Balaban J connectivity index is 2.26. The van der Waals surface area contributed by atoms with Crippen molar-refractivity contribution in [1.82, 2.24) is 0 Å². The van der Waals surface area contributed by atoms with Crippen molar-refractivity contribution >= 4 is 11.8 Å². The minimum atomic E-state index is -0.744. The van der Waals surface area contributed by atoms with Crippen LogP contribution in [0.15, 0.2) is 11.8 Å². The van der Waals surface area contributed by atoms with Crippen molar-refractivity contribution in [3.8, 4) is 0 Å². The number of hydrogen-bond acceptors (Lipinski definition) is 3. The van der Waals surface area contributed by atoms with Crippen molar-refractivity contribution in [3.05, 3.63) is 11.8 Å². The fourth-order valence-corrected chi connectivity index (χ4v) is 3.69. The van der Waals surface area contributed by atoms with Gasteiger partial charge < -0.3 is 9.84 Å². The largest absolute Gasteiger partial charge is 0.495 e. The summed E-state index contributed by atoms with van der Waals surface area (Å²) in [4.78, 5) is 0. The van der Waals surface area contributed by atoms with Gasteiger partial charge in [0.25, 0.3) is 0 Å². The molecule has 0 spiro atoms. The molecule has 1 atom stereocenters. The van der Waals surface area contributed by atoms with Crippen molar-refractivity contribution in [2.45, 2.75) is 32.3 Å². The van der Waals surface area contributed by atoms with E-state index in [1.54, 1.807) is 0 Å². The fourth-order valence-electron chi connectivity index (χ4n) is 2.06. The molecule has 0 aliphatic carbocycles. The lowest BCUT2D eigenvalue weighted by Gasteiger charge is -2.46. The summed E-state index contributed by atoms with van der Waals surface area (Å²) in [5.41, 5.74) is -0.805. The highest BCUT2D eigenvalue weighted by atomic mass is 32.2. The second kappa shape index (κ2) is 3.46. The summed E-state index contributed by atoms with van der Waals surface area (Å²) < 4.78 is 5.53. The molecule has 0 aromatic carbocycles. The Morgan fingerprint density at radius 1 is 1.50 bits per heavy atom. The summed E-state index contributed by atoms with van der Waals surface area (Å²) in [5, 5.41) is 10.7. The van der Waals surface area contributed by atoms with Gasteiger partial charge in [-0.25, -0.2) is 0 Å². The summed E-state index contributed by atoms with van der Waals surface area (Å²) in [6.45, 7) is 5.00. The number of rotatable bonds is 1. The molecule has 2 aliphatic rings. The van der Waals surface area contributed by atoms with Gasteiger partial charge in [0, 0.05) is 17.6 Å². The quantitative estimate of drug-likeness (QED) is 0.725. The molecule has 1 unspecified atom stereocenters. The summed E-state index contributed by atoms with van der Waals surface area (Å²) in [6.07, 6.45) is 4.04. The zero-order chi connectivity index (χ0) is 10.2. The molecule has 1 saturated heterocycles. The molecular weight excluding hydrogens is 196 g/mol. The summed E-state index contributed by atoms with van der Waals surface area (Å²) in [6, 6.07) is 0. The molecule has 0 amide bonds. The van der Waals surface area contributed by atoms with E-state index in [1.807, 2.05) is 17.8 Å². The zero-order valence-corrected chi connectivity index (χ0v) is 9.69. The molecular formula is C11H18O2S. The van der Waals surface area contributed by atoms with Crippen LogP contribution in [-0.2, 0) is 4.74 Å². The van der Waals surface area contributed by atoms with Crippen LogP contribution >= 0.6 is 11.8 Å². The molecule has 1 N–H and O–H groups in total. The number of aliphatic hydroxyl groups is 1. The van der Waals surface area contributed by atoms with E-state index in [9.17, 15) is 5.11 Å². The van der Waals surface area contributed by atoms with Gasteiger partial charge in [-0.1, -0.05) is 13.8 Å². The Hall–Kier alpha value is -0.150. The predicted octanol–water partition coefficient (Wildman–Crippen LogP) is 2.18. The molecule has 0 aromatic rings. The van der Waals surface area contributed by atoms with Gasteiger partial charge in [-0.2, -0.15) is 11.8 Å². The van der Waals surface area contributed by atoms with E-state index in [0.29, 0.717) is 0 Å². The first-order chi connectivity index (χ1) is 6.56. The molecule has 0 radical (unpaired) electrons. The van der Waals surface area contributed by atoms with Gasteiger partial charge >= 0.3 is 0 Å². The maximum absolute atomic E-state index is 10.7. The minimum absolute atomic E-state index is 0.0611. The average molecular weight is 214 g/mol. The van der Waals surface area contributed by atoms with Crippen molar-refractivity contribution in [3.63, 3.8) is 0 Å². The number of ether oxygens (including phenoxy) is 1. The number of thioether (sulfide) groups is 1. The van der Waals surface area contributed by atoms with Gasteiger partial charge in [0.15, 0.2) is 0 Å². The minimum Gasteiger partial charge on any atom is -0.495 e. The van der Waals surface area contributed by atoms with Crippen LogP contribution in [0.2, 0.25) is 0 Å². The molecule has 2 rings (SSSR count). The average Bonchev–Trinajstić information content (AvgIpc) is 2.63. The zero-order valence-electron chi connectivity index (χ0n) is 8.88. The second-order valence-electron chi connectivity index (χ2n) is 4.75. The third-order valence-corrected chi connectivity index (χ3v) is 4.53. The maximum atomic E-state index is 10.7. The van der Waals surface area contributed by atoms with Gasteiger partial charge in [-0.05, 0) is 18.2 Å². The van der Waals surface area contributed by atoms with Crippen molar-refractivity contribution in [2.24, 2.45) is 5.41 Å². The van der Waals surface area contributed by atoms with Crippen LogP contribution in [0, 0.1) is 5.41 Å². The highest BCUT2D eigenvalue weighted by molar-refractivity contribution is 7.99. The smallest absolute Gasteiger partial charge is 0.135 e. The Morgan fingerprint density at radius 3 is 2.86 bits per heavy atom. The molecule has 2 heterocycles. The van der Waals surface area contributed by atoms with Crippen LogP contribution in [-0.4, -0.2) is 28.8 Å². The third-order valence-electron chi connectivity index (χ3n) is 3.41. The fraction of sp³-hybridized carbons (Fsp3) is 0.818. The van der Waals surface area contributed by atoms with Crippen LogP contribution in [0.5, 0.6) is 0 Å². The second-order valence-corrected chi connectivity index (χ2v) is 5.86. The molecule has 80 valence electrons. The van der Waals surface area contributed by atoms with Crippen LogP contribution in [0.25, 0.3) is 0 Å². The molecule has 0 saturated carbocycles. The predicted molar refractivity (Wildman–Crippen MR) is 59.3 cm³/mol. The van der Waals surface area contributed by atoms with Crippen molar-refractivity contribution in [2.75, 3.05) is 18.1 Å². The first kappa shape index (κ1) is 10.4. The number of hydrogen-bond donors (Lipinski definition) is 1. The standard InChI is InChI=1S/C11H18O2S/c1-10(2)5-7-14-8-11(10,12)9-4-3-6-13-9/h4,12H,3,5-8H2,1-2H3. The molecule has 2 aliphatic heterocycles. The van der Waals surface area contributed by atoms with E-state index in [4.69, 9.17) is 4.74 Å². The maximum Gasteiger partial charge on any atom is 0.135 e. The van der Waals surface area contributed by atoms with E-state index in [1.165, 1.54) is 0 Å². The Labute approximate surface area is 89.7 Å². The van der Waals surface area contributed by atoms with Crippen LogP contribution in [0.4, 0.5) is 0 Å². The monoisotopic (exact) mass is 214 g/mol. The van der Waals surface area contributed by atoms with E-state index in [0.717, 1.165) is 36.7 Å². The normalized spacial score (nSPS) is 36.4. The lowest BCUT2D eigenvalue weighted by Crippen LogP contribution is -2.51. The van der Waals surface area contributed by atoms with Gasteiger partial charge in [0.05, 0.1) is 6.61 Å².